The van der Waals surface area contributed by atoms with E-state index in [0.29, 0.717) is 6.42 Å². The first-order valence-corrected chi connectivity index (χ1v) is 9.90. The Hall–Kier alpha value is -2.38. The molecule has 29 heavy (non-hydrogen) atoms. The van der Waals surface area contributed by atoms with Gasteiger partial charge in [0, 0.05) is 0 Å². The van der Waals surface area contributed by atoms with Gasteiger partial charge in [0.2, 0.25) is 0 Å². The number of hydrogen-bond donors (Lipinski definition) is 0. The molecule has 0 aromatic carbocycles. The van der Waals surface area contributed by atoms with Gasteiger partial charge in [-0.1, -0.05) is 12.2 Å². The largest absolute Gasteiger partial charge is 0.469 e. The number of esters is 4. The van der Waals surface area contributed by atoms with Crippen LogP contribution in [0, 0.1) is 59.2 Å². The minimum Gasteiger partial charge on any atom is -0.469 e. The molecule has 8 heteroatoms. The topological polar surface area (TPSA) is 105 Å². The maximum Gasteiger partial charge on any atom is 0.310 e. The molecule has 5 aliphatic carbocycles. The average molecular weight is 406 g/mol. The maximum atomic E-state index is 12.6. The van der Waals surface area contributed by atoms with Crippen LogP contribution in [0.5, 0.6) is 0 Å². The lowest BCUT2D eigenvalue weighted by Crippen LogP contribution is -2.58. The van der Waals surface area contributed by atoms with Crippen LogP contribution in [0.3, 0.4) is 0 Å². The van der Waals surface area contributed by atoms with Gasteiger partial charge in [0.15, 0.2) is 0 Å². The minimum absolute atomic E-state index is 0.00464. The van der Waals surface area contributed by atoms with Crippen LogP contribution in [0.2, 0.25) is 0 Å². The summed E-state index contributed by atoms with van der Waals surface area (Å²) >= 11 is 0. The smallest absolute Gasteiger partial charge is 0.310 e. The van der Waals surface area contributed by atoms with Gasteiger partial charge < -0.3 is 18.9 Å². The molecular formula is C21H26O8. The van der Waals surface area contributed by atoms with Crippen LogP contribution in [0.15, 0.2) is 12.2 Å². The molecule has 0 spiro atoms. The van der Waals surface area contributed by atoms with Gasteiger partial charge in [-0.2, -0.15) is 0 Å². The molecule has 0 saturated heterocycles. The summed E-state index contributed by atoms with van der Waals surface area (Å²) in [6.07, 6.45) is 4.63. The lowest BCUT2D eigenvalue weighted by molar-refractivity contribution is -0.179. The zero-order chi connectivity index (χ0) is 21.0. The van der Waals surface area contributed by atoms with Gasteiger partial charge in [-0.05, 0) is 41.9 Å². The van der Waals surface area contributed by atoms with Crippen molar-refractivity contribution < 1.29 is 38.1 Å². The van der Waals surface area contributed by atoms with Crippen molar-refractivity contribution in [2.75, 3.05) is 28.4 Å². The van der Waals surface area contributed by atoms with E-state index in [1.807, 2.05) is 12.2 Å². The van der Waals surface area contributed by atoms with Crippen LogP contribution in [0.25, 0.3) is 0 Å². The number of allylic oxidation sites excluding steroid dienone is 2. The van der Waals surface area contributed by atoms with Crippen molar-refractivity contribution in [3.8, 4) is 0 Å². The van der Waals surface area contributed by atoms with Crippen LogP contribution in [0.1, 0.15) is 6.42 Å². The predicted octanol–water partition coefficient (Wildman–Crippen LogP) is 0.841. The molecule has 5 rings (SSSR count). The summed E-state index contributed by atoms with van der Waals surface area (Å²) in [4.78, 5) is 50.5. The molecule has 3 saturated carbocycles. The number of rotatable bonds is 4. The first-order chi connectivity index (χ1) is 13.9. The van der Waals surface area contributed by atoms with Crippen molar-refractivity contribution in [3.63, 3.8) is 0 Å². The standard InChI is InChI=1S/C21H26O8/c1-26-18(22)14-8-5-6-9(15(14)19(23)27-2)13-11-7-10(12(8)13)16(20(24)28-3)17(11)21(25)29-4/h5-6,8-17H,7H2,1-4H3. The predicted molar refractivity (Wildman–Crippen MR) is 96.7 cm³/mol. The molecule has 10 unspecified atom stereocenters. The van der Waals surface area contributed by atoms with Gasteiger partial charge in [-0.25, -0.2) is 0 Å². The SMILES string of the molecule is COC(=O)C1C2C=CC(C1C(=O)OC)C1C3CC(C(C(=O)OC)C3C(=O)OC)C21. The fraction of sp³-hybridized carbons (Fsp3) is 0.714. The summed E-state index contributed by atoms with van der Waals surface area (Å²) in [6, 6.07) is 0. The van der Waals surface area contributed by atoms with E-state index >= 15 is 0 Å². The summed E-state index contributed by atoms with van der Waals surface area (Å²) in [6.45, 7) is 0. The van der Waals surface area contributed by atoms with Crippen molar-refractivity contribution >= 4 is 23.9 Å². The monoisotopic (exact) mass is 406 g/mol. The Morgan fingerprint density at radius 1 is 0.586 bits per heavy atom. The Morgan fingerprint density at radius 3 is 1.21 bits per heavy atom. The number of fused-ring (bicyclic) bond motifs is 3. The molecule has 3 fully saturated rings. The van der Waals surface area contributed by atoms with E-state index in [-0.39, 0.29) is 35.5 Å². The first-order valence-electron chi connectivity index (χ1n) is 9.90. The summed E-state index contributed by atoms with van der Waals surface area (Å²) in [7, 11) is 5.26. The van der Waals surface area contributed by atoms with Crippen molar-refractivity contribution in [1.29, 1.82) is 0 Å². The lowest BCUT2D eigenvalue weighted by Gasteiger charge is -2.55. The van der Waals surface area contributed by atoms with E-state index in [1.165, 1.54) is 28.4 Å². The van der Waals surface area contributed by atoms with Crippen molar-refractivity contribution in [3.05, 3.63) is 12.2 Å². The fourth-order valence-corrected chi connectivity index (χ4v) is 7.09. The average Bonchev–Trinajstić information content (AvgIpc) is 3.34. The highest BCUT2D eigenvalue weighted by molar-refractivity contribution is 5.86. The van der Waals surface area contributed by atoms with Gasteiger partial charge in [0.1, 0.15) is 0 Å². The maximum absolute atomic E-state index is 12.6. The normalized spacial score (nSPS) is 43.4. The van der Waals surface area contributed by atoms with Crippen LogP contribution >= 0.6 is 0 Å². The highest BCUT2D eigenvalue weighted by Crippen LogP contribution is 2.69. The van der Waals surface area contributed by atoms with E-state index in [2.05, 4.69) is 0 Å². The number of methoxy groups -OCH3 is 4. The van der Waals surface area contributed by atoms with Gasteiger partial charge in [-0.3, -0.25) is 19.2 Å². The molecule has 0 aliphatic heterocycles. The lowest BCUT2D eigenvalue weighted by atomic mass is 9.48. The third-order valence-electron chi connectivity index (χ3n) is 7.84. The molecule has 0 radical (unpaired) electrons. The Bertz CT molecular complexity index is 711. The Labute approximate surface area is 168 Å². The number of carbonyl (C=O) groups excluding carboxylic acids is 4. The molecule has 10 atom stereocenters. The summed E-state index contributed by atoms with van der Waals surface area (Å²) in [5.74, 6) is -4.93. The Balaban J connectivity index is 1.78. The number of ether oxygens (including phenoxy) is 4. The molecule has 0 amide bonds. The third kappa shape index (κ3) is 2.57. The Kier molecular flexibility index (Phi) is 4.91. The van der Waals surface area contributed by atoms with Gasteiger partial charge in [0.25, 0.3) is 0 Å². The van der Waals surface area contributed by atoms with E-state index in [4.69, 9.17) is 18.9 Å². The van der Waals surface area contributed by atoms with E-state index in [9.17, 15) is 19.2 Å². The summed E-state index contributed by atoms with van der Waals surface area (Å²) in [5.41, 5.74) is 0. The minimum atomic E-state index is -0.655. The van der Waals surface area contributed by atoms with Crippen LogP contribution in [0.4, 0.5) is 0 Å². The van der Waals surface area contributed by atoms with E-state index in [0.717, 1.165) is 0 Å². The highest BCUT2D eigenvalue weighted by atomic mass is 16.5. The molecule has 5 aliphatic rings. The second-order valence-corrected chi connectivity index (χ2v) is 8.45. The molecule has 158 valence electrons. The second-order valence-electron chi connectivity index (χ2n) is 8.45. The molecule has 0 heterocycles. The van der Waals surface area contributed by atoms with Gasteiger partial charge >= 0.3 is 23.9 Å². The van der Waals surface area contributed by atoms with E-state index in [1.54, 1.807) is 0 Å². The van der Waals surface area contributed by atoms with Crippen molar-refractivity contribution in [1.82, 2.24) is 0 Å². The summed E-state index contributed by atoms with van der Waals surface area (Å²) in [5, 5.41) is 0. The molecule has 0 aromatic heterocycles. The van der Waals surface area contributed by atoms with Gasteiger partial charge in [-0.15, -0.1) is 0 Å². The van der Waals surface area contributed by atoms with Crippen LogP contribution in [-0.2, 0) is 38.1 Å². The van der Waals surface area contributed by atoms with E-state index < -0.39 is 47.5 Å². The zero-order valence-electron chi connectivity index (χ0n) is 16.9. The second kappa shape index (κ2) is 7.15. The third-order valence-corrected chi connectivity index (χ3v) is 7.84. The van der Waals surface area contributed by atoms with Crippen molar-refractivity contribution in [2.24, 2.45) is 59.2 Å². The number of carbonyl (C=O) groups is 4. The first kappa shape index (κ1) is 19.9. The summed E-state index contributed by atoms with van der Waals surface area (Å²) < 4.78 is 20.1. The zero-order valence-corrected chi connectivity index (χ0v) is 16.9. The van der Waals surface area contributed by atoms with Crippen LogP contribution < -0.4 is 0 Å². The highest BCUT2D eigenvalue weighted by Gasteiger charge is 2.71. The molecule has 8 nitrogen and oxygen atoms in total. The number of hydrogen-bond acceptors (Lipinski definition) is 8. The molecule has 0 N–H and O–H groups in total. The van der Waals surface area contributed by atoms with Gasteiger partial charge in [0.05, 0.1) is 52.1 Å². The Morgan fingerprint density at radius 2 is 0.897 bits per heavy atom. The van der Waals surface area contributed by atoms with Crippen LogP contribution in [-0.4, -0.2) is 52.3 Å². The molecule has 0 aromatic rings. The molecule has 4 bridgehead atoms. The quantitative estimate of drug-likeness (QED) is 0.384. The fourth-order valence-electron chi connectivity index (χ4n) is 7.09. The van der Waals surface area contributed by atoms with Crippen molar-refractivity contribution in [2.45, 2.75) is 6.42 Å². The molecular weight excluding hydrogens is 380 g/mol.